The smallest absolute Gasteiger partial charge is 0.338 e. The molecule has 2 aromatic rings. The molecular weight excluding hydrogens is 552 g/mol. The first-order valence-corrected chi connectivity index (χ1v) is 15.3. The summed E-state index contributed by atoms with van der Waals surface area (Å²) in [6.07, 6.45) is 2.61. The number of hydrogen-bond acceptors (Lipinski definition) is 9. The van der Waals surface area contributed by atoms with Crippen LogP contribution >= 0.6 is 11.8 Å². The molecule has 222 valence electrons. The number of thioether (sulfide) groups is 1. The second kappa shape index (κ2) is 13.9. The fraction of sp³-hybridized carbons (Fsp3) is 0.406. The summed E-state index contributed by atoms with van der Waals surface area (Å²) in [4.78, 5) is 35.4. The molecule has 1 N–H and O–H groups in total. The van der Waals surface area contributed by atoms with Gasteiger partial charge in [-0.3, -0.25) is 4.79 Å². The number of nitrogens with one attached hydrogen (secondary N) is 1. The van der Waals surface area contributed by atoms with E-state index in [-0.39, 0.29) is 18.9 Å². The van der Waals surface area contributed by atoms with Gasteiger partial charge in [0.2, 0.25) is 5.91 Å². The van der Waals surface area contributed by atoms with Gasteiger partial charge in [0.1, 0.15) is 6.61 Å². The highest BCUT2D eigenvalue weighted by atomic mass is 32.2. The predicted octanol–water partition coefficient (Wildman–Crippen LogP) is 5.01. The van der Waals surface area contributed by atoms with Gasteiger partial charge in [-0.25, -0.2) is 9.79 Å². The third kappa shape index (κ3) is 6.82. The van der Waals surface area contributed by atoms with E-state index in [2.05, 4.69) is 10.2 Å². The van der Waals surface area contributed by atoms with Crippen molar-refractivity contribution in [1.29, 1.82) is 0 Å². The van der Waals surface area contributed by atoms with Crippen molar-refractivity contribution < 1.29 is 23.8 Å². The van der Waals surface area contributed by atoms with Crippen LogP contribution in [-0.2, 0) is 20.9 Å². The summed E-state index contributed by atoms with van der Waals surface area (Å²) in [5.74, 6) is 0.646. The van der Waals surface area contributed by atoms with E-state index in [1.54, 1.807) is 14.0 Å². The Bertz CT molecular complexity index is 1380. The molecule has 0 spiro atoms. The van der Waals surface area contributed by atoms with Gasteiger partial charge < -0.3 is 29.3 Å². The molecule has 42 heavy (non-hydrogen) atoms. The van der Waals surface area contributed by atoms with E-state index in [4.69, 9.17) is 19.2 Å². The molecule has 10 heteroatoms. The molecule has 0 aliphatic carbocycles. The number of amidine groups is 1. The topological polar surface area (TPSA) is 92.7 Å². The molecule has 1 amide bonds. The van der Waals surface area contributed by atoms with Gasteiger partial charge in [-0.15, -0.1) is 0 Å². The van der Waals surface area contributed by atoms with Gasteiger partial charge in [0.25, 0.3) is 0 Å². The van der Waals surface area contributed by atoms with Crippen LogP contribution in [0, 0.1) is 0 Å². The van der Waals surface area contributed by atoms with E-state index >= 15 is 0 Å². The second-order valence-corrected chi connectivity index (χ2v) is 11.2. The minimum atomic E-state index is -0.549. The molecule has 9 nitrogen and oxygen atoms in total. The number of ether oxygens (including phenoxy) is 3. The number of likely N-dealkylation sites (tertiary alicyclic amines) is 1. The van der Waals surface area contributed by atoms with E-state index < -0.39 is 12.0 Å². The van der Waals surface area contributed by atoms with Gasteiger partial charge in [-0.1, -0.05) is 48.2 Å². The van der Waals surface area contributed by atoms with Crippen LogP contribution in [0.3, 0.4) is 0 Å². The molecule has 0 unspecified atom stereocenters. The molecule has 1 saturated heterocycles. The monoisotopic (exact) mass is 590 g/mol. The lowest BCUT2D eigenvalue weighted by Crippen LogP contribution is -2.39. The minimum absolute atomic E-state index is 0.0627. The molecule has 0 bridgehead atoms. The third-order valence-corrected chi connectivity index (χ3v) is 8.42. The molecule has 2 aromatic carbocycles. The molecule has 5 rings (SSSR count). The van der Waals surface area contributed by atoms with E-state index in [1.807, 2.05) is 65.8 Å². The van der Waals surface area contributed by atoms with Gasteiger partial charge in [0.15, 0.2) is 16.7 Å². The lowest BCUT2D eigenvalue weighted by molar-refractivity contribution is -0.139. The minimum Gasteiger partial charge on any atom is -0.493 e. The van der Waals surface area contributed by atoms with Gasteiger partial charge in [-0.05, 0) is 68.4 Å². The molecule has 0 radical (unpaired) electrons. The van der Waals surface area contributed by atoms with E-state index in [1.165, 1.54) is 24.6 Å². The number of nitrogens with zero attached hydrogens (tertiary/aromatic N) is 3. The average Bonchev–Trinajstić information content (AvgIpc) is 3.66. The fourth-order valence-corrected chi connectivity index (χ4v) is 6.41. The van der Waals surface area contributed by atoms with Crippen molar-refractivity contribution in [3.8, 4) is 11.5 Å². The van der Waals surface area contributed by atoms with Crippen LogP contribution in [0.15, 0.2) is 75.9 Å². The number of benzene rings is 2. The second-order valence-electron chi connectivity index (χ2n) is 10.4. The molecule has 0 aromatic heterocycles. The maximum absolute atomic E-state index is 13.3. The van der Waals surface area contributed by atoms with Crippen LogP contribution in [0.2, 0.25) is 0 Å². The van der Waals surface area contributed by atoms with Crippen molar-refractivity contribution in [2.24, 2.45) is 4.99 Å². The Balaban J connectivity index is 1.39. The quantitative estimate of drug-likeness (QED) is 0.345. The van der Waals surface area contributed by atoms with Crippen LogP contribution < -0.4 is 14.8 Å². The van der Waals surface area contributed by atoms with E-state index in [9.17, 15) is 9.59 Å². The molecule has 1 atom stereocenters. The normalized spacial score (nSPS) is 18.4. The zero-order chi connectivity index (χ0) is 29.5. The number of amides is 1. The predicted molar refractivity (Wildman–Crippen MR) is 164 cm³/mol. The largest absolute Gasteiger partial charge is 0.493 e. The van der Waals surface area contributed by atoms with Crippen LogP contribution in [0.4, 0.5) is 0 Å². The van der Waals surface area contributed by atoms with Crippen molar-refractivity contribution >= 4 is 28.8 Å². The summed E-state index contributed by atoms with van der Waals surface area (Å²) in [5, 5.41) is 5.73. The number of fused-ring (bicyclic) bond motifs is 1. The number of hydrogen-bond donors (Lipinski definition) is 1. The number of aliphatic imine (C=N–C) groups is 1. The van der Waals surface area contributed by atoms with Crippen molar-refractivity contribution in [1.82, 2.24) is 15.1 Å². The van der Waals surface area contributed by atoms with Gasteiger partial charge in [0.05, 0.1) is 37.4 Å². The first-order valence-electron chi connectivity index (χ1n) is 14.4. The van der Waals surface area contributed by atoms with Crippen LogP contribution in [0.5, 0.6) is 11.5 Å². The molecule has 3 aliphatic rings. The summed E-state index contributed by atoms with van der Waals surface area (Å²) < 4.78 is 17.3. The van der Waals surface area contributed by atoms with Gasteiger partial charge >= 0.3 is 5.97 Å². The first kappa shape index (κ1) is 29.7. The fourth-order valence-electron chi connectivity index (χ4n) is 5.45. The summed E-state index contributed by atoms with van der Waals surface area (Å²) in [6, 6.07) is 15.0. The van der Waals surface area contributed by atoms with Gasteiger partial charge in [0, 0.05) is 18.8 Å². The van der Waals surface area contributed by atoms with Crippen molar-refractivity contribution in [3.05, 3.63) is 82.0 Å². The number of carbonyl (C=O) groups excluding carboxylic acids is 2. The molecule has 1 fully saturated rings. The van der Waals surface area contributed by atoms with Gasteiger partial charge in [-0.2, -0.15) is 0 Å². The SMILES string of the molecule is CCOC(=O)C1=C(C)N=C2SC=C(CC(=O)NCCN3CCCC3)N2[C@H]1c1ccc(OCc2ccccc2)c(OC)c1. The standard InChI is InChI=1S/C32H38N4O5S/c1-4-40-31(38)29-22(2)34-32-36(25(21-42-32)19-28(37)33-14-17-35-15-8-9-16-35)30(29)24-12-13-26(27(18-24)39-3)41-20-23-10-6-5-7-11-23/h5-7,10-13,18,21,30H,4,8-9,14-17,19-20H2,1-3H3,(H,33,37)/t30-/m0/s1. The Hall–Kier alpha value is -3.76. The first-order chi connectivity index (χ1) is 20.5. The van der Waals surface area contributed by atoms with E-state index in [0.717, 1.165) is 36.5 Å². The Morgan fingerprint density at radius 2 is 1.88 bits per heavy atom. The summed E-state index contributed by atoms with van der Waals surface area (Å²) in [6.45, 7) is 7.89. The summed E-state index contributed by atoms with van der Waals surface area (Å²) >= 11 is 1.45. The van der Waals surface area contributed by atoms with Crippen molar-refractivity contribution in [3.63, 3.8) is 0 Å². The lowest BCUT2D eigenvalue weighted by atomic mass is 9.93. The maximum atomic E-state index is 13.3. The van der Waals surface area contributed by atoms with Crippen LogP contribution in [0.25, 0.3) is 0 Å². The molecular formula is C32H38N4O5S. The van der Waals surface area contributed by atoms with Crippen LogP contribution in [0.1, 0.15) is 50.3 Å². The number of carbonyl (C=O) groups is 2. The maximum Gasteiger partial charge on any atom is 0.338 e. The lowest BCUT2D eigenvalue weighted by Gasteiger charge is -2.36. The molecule has 0 saturated carbocycles. The molecule has 3 aliphatic heterocycles. The van der Waals surface area contributed by atoms with Crippen molar-refractivity contribution in [2.75, 3.05) is 39.9 Å². The molecule has 3 heterocycles. The Morgan fingerprint density at radius 1 is 1.10 bits per heavy atom. The number of allylic oxidation sites excluding steroid dienone is 1. The summed E-state index contributed by atoms with van der Waals surface area (Å²) in [7, 11) is 1.60. The zero-order valence-electron chi connectivity index (χ0n) is 24.4. The Morgan fingerprint density at radius 3 is 2.62 bits per heavy atom. The highest BCUT2D eigenvalue weighted by molar-refractivity contribution is 8.16. The van der Waals surface area contributed by atoms with E-state index in [0.29, 0.717) is 41.1 Å². The number of methoxy groups -OCH3 is 1. The number of esters is 1. The summed E-state index contributed by atoms with van der Waals surface area (Å²) in [5.41, 5.74) is 3.65. The Labute approximate surface area is 251 Å². The number of rotatable bonds is 12. The van der Waals surface area contributed by atoms with Crippen LogP contribution in [-0.4, -0.2) is 66.7 Å². The van der Waals surface area contributed by atoms with Crippen molar-refractivity contribution in [2.45, 2.75) is 45.8 Å². The Kier molecular flexibility index (Phi) is 9.86. The highest BCUT2D eigenvalue weighted by Gasteiger charge is 2.41. The third-order valence-electron chi connectivity index (χ3n) is 7.53. The average molecular weight is 591 g/mol. The highest BCUT2D eigenvalue weighted by Crippen LogP contribution is 2.46. The zero-order valence-corrected chi connectivity index (χ0v) is 25.2.